The highest BCUT2D eigenvalue weighted by Gasteiger charge is 2.14. The van der Waals surface area contributed by atoms with Gasteiger partial charge in [-0.3, -0.25) is 4.79 Å². The van der Waals surface area contributed by atoms with Gasteiger partial charge >= 0.3 is 0 Å². The van der Waals surface area contributed by atoms with Gasteiger partial charge in [0.05, 0.1) is 0 Å². The third-order valence-corrected chi connectivity index (χ3v) is 2.81. The number of aryl methyl sites for hydroxylation is 1. The van der Waals surface area contributed by atoms with E-state index in [1.807, 2.05) is 31.2 Å². The summed E-state index contributed by atoms with van der Waals surface area (Å²) in [4.78, 5) is 12.0. The van der Waals surface area contributed by atoms with Crippen LogP contribution in [0.25, 0.3) is 0 Å². The molecule has 0 heterocycles. The van der Waals surface area contributed by atoms with Crippen LogP contribution in [-0.4, -0.2) is 12.0 Å². The fourth-order valence-corrected chi connectivity index (χ4v) is 1.65. The molecule has 0 fully saturated rings. The first kappa shape index (κ1) is 14.1. The third kappa shape index (κ3) is 3.82. The predicted octanol–water partition coefficient (Wildman–Crippen LogP) is 3.54. The molecule has 0 aliphatic carbocycles. The lowest BCUT2D eigenvalue weighted by atomic mass is 10.2. The first-order chi connectivity index (χ1) is 9.54. The fraction of sp³-hybridized carbons (Fsp3) is 0.188. The van der Waals surface area contributed by atoms with Gasteiger partial charge in [0.1, 0.15) is 11.6 Å². The van der Waals surface area contributed by atoms with Crippen LogP contribution in [0.1, 0.15) is 12.5 Å². The van der Waals surface area contributed by atoms with Crippen molar-refractivity contribution in [3.8, 4) is 5.75 Å². The Morgan fingerprint density at radius 2 is 1.70 bits per heavy atom. The molecule has 0 aromatic heterocycles. The van der Waals surface area contributed by atoms with Crippen LogP contribution >= 0.6 is 0 Å². The van der Waals surface area contributed by atoms with Crippen LogP contribution in [0.2, 0.25) is 0 Å². The van der Waals surface area contributed by atoms with Gasteiger partial charge in [-0.15, -0.1) is 0 Å². The second kappa shape index (κ2) is 6.19. The number of hydrogen-bond donors (Lipinski definition) is 1. The van der Waals surface area contributed by atoms with E-state index in [-0.39, 0.29) is 11.7 Å². The largest absolute Gasteiger partial charge is 0.481 e. The van der Waals surface area contributed by atoms with Crippen molar-refractivity contribution in [3.63, 3.8) is 0 Å². The fourth-order valence-electron chi connectivity index (χ4n) is 1.65. The Bertz CT molecular complexity index is 578. The van der Waals surface area contributed by atoms with Crippen LogP contribution in [0.5, 0.6) is 5.75 Å². The summed E-state index contributed by atoms with van der Waals surface area (Å²) in [5.41, 5.74) is 1.84. The van der Waals surface area contributed by atoms with E-state index in [1.54, 1.807) is 6.92 Å². The molecule has 2 aromatic carbocycles. The maximum absolute atomic E-state index is 12.8. The van der Waals surface area contributed by atoms with Crippen LogP contribution in [-0.2, 0) is 4.79 Å². The van der Waals surface area contributed by atoms with Gasteiger partial charge in [0.15, 0.2) is 6.10 Å². The number of halogens is 1. The number of rotatable bonds is 4. The van der Waals surface area contributed by atoms with E-state index in [0.29, 0.717) is 5.75 Å². The summed E-state index contributed by atoms with van der Waals surface area (Å²) in [6.07, 6.45) is -0.665. The van der Waals surface area contributed by atoms with Crippen LogP contribution in [0.4, 0.5) is 10.1 Å². The third-order valence-electron chi connectivity index (χ3n) is 2.81. The first-order valence-electron chi connectivity index (χ1n) is 6.34. The Hall–Kier alpha value is -2.36. The summed E-state index contributed by atoms with van der Waals surface area (Å²) >= 11 is 0. The molecular weight excluding hydrogens is 257 g/mol. The summed E-state index contributed by atoms with van der Waals surface area (Å²) < 4.78 is 18.2. The van der Waals surface area contributed by atoms with Crippen molar-refractivity contribution in [3.05, 3.63) is 59.9 Å². The van der Waals surface area contributed by atoms with Crippen LogP contribution in [0.3, 0.4) is 0 Å². The van der Waals surface area contributed by atoms with Crippen molar-refractivity contribution >= 4 is 11.6 Å². The smallest absolute Gasteiger partial charge is 0.265 e. The number of benzene rings is 2. The van der Waals surface area contributed by atoms with Crippen molar-refractivity contribution in [2.75, 3.05) is 5.32 Å². The Kier molecular flexibility index (Phi) is 4.35. The molecule has 0 saturated heterocycles. The van der Waals surface area contributed by atoms with Gasteiger partial charge in [0.2, 0.25) is 0 Å². The maximum Gasteiger partial charge on any atom is 0.265 e. The number of nitrogens with one attached hydrogen (secondary N) is 1. The van der Waals surface area contributed by atoms with E-state index in [4.69, 9.17) is 4.74 Å². The lowest BCUT2D eigenvalue weighted by Gasteiger charge is -2.14. The minimum absolute atomic E-state index is 0.252. The van der Waals surface area contributed by atoms with Gasteiger partial charge in [-0.25, -0.2) is 4.39 Å². The van der Waals surface area contributed by atoms with E-state index in [2.05, 4.69) is 5.32 Å². The molecule has 1 N–H and O–H groups in total. The second-order valence-corrected chi connectivity index (χ2v) is 4.57. The first-order valence-corrected chi connectivity index (χ1v) is 6.34. The average molecular weight is 273 g/mol. The molecule has 0 unspecified atom stereocenters. The van der Waals surface area contributed by atoms with Crippen molar-refractivity contribution in [2.45, 2.75) is 20.0 Å². The molecule has 0 spiro atoms. The van der Waals surface area contributed by atoms with E-state index < -0.39 is 6.10 Å². The molecule has 2 aromatic rings. The van der Waals surface area contributed by atoms with Crippen molar-refractivity contribution < 1.29 is 13.9 Å². The van der Waals surface area contributed by atoms with Crippen LogP contribution < -0.4 is 10.1 Å². The van der Waals surface area contributed by atoms with Gasteiger partial charge in [0.25, 0.3) is 5.91 Å². The number of anilines is 1. The number of carbonyl (C=O) groups excluding carboxylic acids is 1. The lowest BCUT2D eigenvalue weighted by Crippen LogP contribution is -2.30. The molecule has 20 heavy (non-hydrogen) atoms. The quantitative estimate of drug-likeness (QED) is 0.925. The van der Waals surface area contributed by atoms with Gasteiger partial charge in [0, 0.05) is 5.69 Å². The summed E-state index contributed by atoms with van der Waals surface area (Å²) in [5, 5.41) is 2.76. The normalized spacial score (nSPS) is 11.8. The zero-order chi connectivity index (χ0) is 14.5. The molecule has 4 heteroatoms. The van der Waals surface area contributed by atoms with Crippen molar-refractivity contribution in [2.24, 2.45) is 0 Å². The maximum atomic E-state index is 12.8. The van der Waals surface area contributed by atoms with E-state index in [0.717, 1.165) is 11.3 Å². The number of hydrogen-bond acceptors (Lipinski definition) is 2. The van der Waals surface area contributed by atoms with Crippen molar-refractivity contribution in [1.29, 1.82) is 0 Å². The summed E-state index contributed by atoms with van der Waals surface area (Å²) in [6.45, 7) is 3.62. The average Bonchev–Trinajstić information content (AvgIpc) is 2.44. The number of amides is 1. The molecule has 0 radical (unpaired) electrons. The van der Waals surface area contributed by atoms with Gasteiger partial charge in [-0.05, 0) is 50.2 Å². The molecule has 0 bridgehead atoms. The second-order valence-electron chi connectivity index (χ2n) is 4.57. The van der Waals surface area contributed by atoms with Crippen LogP contribution in [0, 0.1) is 12.7 Å². The minimum Gasteiger partial charge on any atom is -0.481 e. The Morgan fingerprint density at radius 3 is 2.30 bits per heavy atom. The monoisotopic (exact) mass is 273 g/mol. The van der Waals surface area contributed by atoms with Gasteiger partial charge in [-0.2, -0.15) is 0 Å². The predicted molar refractivity (Wildman–Crippen MR) is 76.3 cm³/mol. The number of carbonyl (C=O) groups is 1. The topological polar surface area (TPSA) is 38.3 Å². The van der Waals surface area contributed by atoms with Gasteiger partial charge < -0.3 is 10.1 Å². The van der Waals surface area contributed by atoms with Crippen LogP contribution in [0.15, 0.2) is 48.5 Å². The Labute approximate surface area is 117 Å². The lowest BCUT2D eigenvalue weighted by molar-refractivity contribution is -0.122. The van der Waals surface area contributed by atoms with Gasteiger partial charge in [-0.1, -0.05) is 17.7 Å². The van der Waals surface area contributed by atoms with E-state index >= 15 is 0 Å². The Morgan fingerprint density at radius 1 is 1.10 bits per heavy atom. The standard InChI is InChI=1S/C16H16FNO2/c1-11-3-7-14(8-4-11)18-16(19)12(2)20-15-9-5-13(17)6-10-15/h3-10,12H,1-2H3,(H,18,19)/t12-/m1/s1. The highest BCUT2D eigenvalue weighted by molar-refractivity contribution is 5.94. The molecule has 2 rings (SSSR count). The Balaban J connectivity index is 1.94. The van der Waals surface area contributed by atoms with E-state index in [9.17, 15) is 9.18 Å². The molecule has 1 atom stereocenters. The zero-order valence-electron chi connectivity index (χ0n) is 11.4. The molecule has 1 amide bonds. The highest BCUT2D eigenvalue weighted by atomic mass is 19.1. The molecule has 0 saturated carbocycles. The highest BCUT2D eigenvalue weighted by Crippen LogP contribution is 2.14. The van der Waals surface area contributed by atoms with Crippen molar-refractivity contribution in [1.82, 2.24) is 0 Å². The molecule has 0 aliphatic rings. The molecule has 0 aliphatic heterocycles. The molecule has 104 valence electrons. The summed E-state index contributed by atoms with van der Waals surface area (Å²) in [7, 11) is 0. The molecule has 3 nitrogen and oxygen atoms in total. The van der Waals surface area contributed by atoms with E-state index in [1.165, 1.54) is 24.3 Å². The number of ether oxygens (including phenoxy) is 1. The molecular formula is C16H16FNO2. The minimum atomic E-state index is -0.665. The zero-order valence-corrected chi connectivity index (χ0v) is 11.4. The summed E-state index contributed by atoms with van der Waals surface area (Å²) in [6, 6.07) is 13.1. The SMILES string of the molecule is Cc1ccc(NC(=O)[C@@H](C)Oc2ccc(F)cc2)cc1. The summed E-state index contributed by atoms with van der Waals surface area (Å²) in [5.74, 6) is -0.134.